The molecule has 3 heterocycles. The molecule has 46 heavy (non-hydrogen) atoms. The van der Waals surface area contributed by atoms with Crippen LogP contribution in [0, 0.1) is 6.92 Å². The molecule has 13 heteroatoms. The molecule has 1 aliphatic heterocycles. The van der Waals surface area contributed by atoms with Gasteiger partial charge in [-0.3, -0.25) is 14.6 Å². The van der Waals surface area contributed by atoms with Crippen LogP contribution in [0.15, 0.2) is 67.0 Å². The van der Waals surface area contributed by atoms with Crippen molar-refractivity contribution >= 4 is 46.6 Å². The van der Waals surface area contributed by atoms with E-state index in [0.29, 0.717) is 34.4 Å². The molecule has 0 bridgehead atoms. The van der Waals surface area contributed by atoms with Crippen LogP contribution in [0.25, 0.3) is 0 Å². The summed E-state index contributed by atoms with van der Waals surface area (Å²) in [4.78, 5) is 44.9. The van der Waals surface area contributed by atoms with Gasteiger partial charge in [0.1, 0.15) is 11.6 Å². The third-order valence-corrected chi connectivity index (χ3v) is 7.31. The van der Waals surface area contributed by atoms with Crippen LogP contribution in [-0.2, 0) is 12.7 Å². The number of halogens is 3. The van der Waals surface area contributed by atoms with Gasteiger partial charge in [-0.15, -0.1) is 0 Å². The molecule has 0 aliphatic carbocycles. The van der Waals surface area contributed by atoms with Gasteiger partial charge in [0.2, 0.25) is 5.95 Å². The first-order valence-electron chi connectivity index (χ1n) is 15.0. The van der Waals surface area contributed by atoms with Crippen molar-refractivity contribution in [2.24, 2.45) is 0 Å². The van der Waals surface area contributed by atoms with Gasteiger partial charge in [-0.05, 0) is 68.8 Å². The van der Waals surface area contributed by atoms with Crippen LogP contribution in [0.3, 0.4) is 0 Å². The van der Waals surface area contributed by atoms with Gasteiger partial charge < -0.3 is 15.5 Å². The Kier molecular flexibility index (Phi) is 10.5. The van der Waals surface area contributed by atoms with Gasteiger partial charge in [-0.2, -0.15) is 18.2 Å². The topological polar surface area (TPSA) is 107 Å². The molecule has 3 amide bonds. The number of hydrogen-bond donors (Lipinski definition) is 2. The lowest BCUT2D eigenvalue weighted by Gasteiger charge is -2.35. The average molecular weight is 635 g/mol. The van der Waals surface area contributed by atoms with Crippen molar-refractivity contribution in [3.63, 3.8) is 0 Å². The van der Waals surface area contributed by atoms with Gasteiger partial charge in [0.05, 0.1) is 29.7 Å². The fraction of sp³-hybridized carbons (Fsp3) is 0.303. The van der Waals surface area contributed by atoms with Crippen LogP contribution >= 0.6 is 0 Å². The van der Waals surface area contributed by atoms with Crippen molar-refractivity contribution in [3.8, 4) is 0 Å². The van der Waals surface area contributed by atoms with Gasteiger partial charge >= 0.3 is 12.2 Å². The Morgan fingerprint density at radius 2 is 1.70 bits per heavy atom. The van der Waals surface area contributed by atoms with Gasteiger partial charge in [-0.1, -0.05) is 26.0 Å². The van der Waals surface area contributed by atoms with Crippen LogP contribution in [0.4, 0.5) is 52.6 Å². The number of nitrogens with zero attached hydrogens (tertiary/aromatic N) is 6. The standard InChI is InChI=1S/C31H31F3N8O2.C2H6/c1-5-41(6-2)26-13-12-24(17-35-26)38-29-36-16-21-18-42(30(44)40(4)27(21)39-29)25-15-23(11-10-19(25)3)37-28(43)20-8-7-9-22(14-20)31(32,33)34;1-2/h7-17H,5-6,18H2,1-4H3,(H,37,43)(H,36,38,39);1-2H3. The van der Waals surface area contributed by atoms with E-state index in [-0.39, 0.29) is 18.1 Å². The molecule has 0 fully saturated rings. The first-order chi connectivity index (χ1) is 22.0. The quantitative estimate of drug-likeness (QED) is 0.205. The van der Waals surface area contributed by atoms with Crippen molar-refractivity contribution in [3.05, 3.63) is 89.2 Å². The molecule has 242 valence electrons. The van der Waals surface area contributed by atoms with E-state index in [4.69, 9.17) is 0 Å². The van der Waals surface area contributed by atoms with E-state index in [2.05, 4.69) is 44.3 Å². The molecule has 2 aromatic heterocycles. The van der Waals surface area contributed by atoms with Gasteiger partial charge in [0, 0.05) is 43.1 Å². The van der Waals surface area contributed by atoms with E-state index in [9.17, 15) is 22.8 Å². The summed E-state index contributed by atoms with van der Waals surface area (Å²) < 4.78 is 39.4. The van der Waals surface area contributed by atoms with Crippen molar-refractivity contribution < 1.29 is 22.8 Å². The Bertz CT molecular complexity index is 1690. The zero-order valence-electron chi connectivity index (χ0n) is 26.6. The third kappa shape index (κ3) is 7.36. The highest BCUT2D eigenvalue weighted by Gasteiger charge is 2.32. The van der Waals surface area contributed by atoms with E-state index in [1.807, 2.05) is 32.9 Å². The molecule has 0 unspecified atom stereocenters. The smallest absolute Gasteiger partial charge is 0.357 e. The normalized spacial score (nSPS) is 12.6. The van der Waals surface area contributed by atoms with Crippen LogP contribution in [0.5, 0.6) is 0 Å². The molecule has 2 aromatic carbocycles. The molecule has 0 saturated heterocycles. The first kappa shape index (κ1) is 33.7. The van der Waals surface area contributed by atoms with Crippen molar-refractivity contribution in [1.82, 2.24) is 15.0 Å². The summed E-state index contributed by atoms with van der Waals surface area (Å²) in [6, 6.07) is 12.6. The van der Waals surface area contributed by atoms with Crippen molar-refractivity contribution in [1.29, 1.82) is 0 Å². The largest absolute Gasteiger partial charge is 0.416 e. The minimum atomic E-state index is -4.57. The summed E-state index contributed by atoms with van der Waals surface area (Å²) in [5.74, 6) is 0.921. The highest BCUT2D eigenvalue weighted by molar-refractivity contribution is 6.07. The van der Waals surface area contributed by atoms with Gasteiger partial charge in [-0.25, -0.2) is 14.8 Å². The highest BCUT2D eigenvalue weighted by Crippen LogP contribution is 2.34. The number of aromatic nitrogens is 3. The van der Waals surface area contributed by atoms with Crippen LogP contribution in [0.2, 0.25) is 0 Å². The number of carbonyl (C=O) groups excluding carboxylic acids is 2. The lowest BCUT2D eigenvalue weighted by molar-refractivity contribution is -0.137. The first-order valence-corrected chi connectivity index (χ1v) is 15.0. The number of pyridine rings is 1. The fourth-order valence-electron chi connectivity index (χ4n) is 4.90. The second kappa shape index (κ2) is 14.3. The predicted octanol–water partition coefficient (Wildman–Crippen LogP) is 7.64. The molecule has 0 saturated carbocycles. The number of nitrogens with one attached hydrogen (secondary N) is 2. The Morgan fingerprint density at radius 3 is 2.35 bits per heavy atom. The number of anilines is 6. The molecular formula is C33H37F3N8O2. The fourth-order valence-corrected chi connectivity index (χ4v) is 4.90. The second-order valence-corrected chi connectivity index (χ2v) is 10.2. The summed E-state index contributed by atoms with van der Waals surface area (Å²) in [5, 5.41) is 5.77. The maximum atomic E-state index is 13.5. The maximum absolute atomic E-state index is 13.5. The number of fused-ring (bicyclic) bond motifs is 1. The van der Waals surface area contributed by atoms with Crippen LogP contribution in [-0.4, -0.2) is 47.0 Å². The molecule has 1 aliphatic rings. The van der Waals surface area contributed by atoms with Gasteiger partial charge in [0.15, 0.2) is 0 Å². The summed E-state index contributed by atoms with van der Waals surface area (Å²) in [7, 11) is 1.61. The molecule has 5 rings (SSSR count). The molecule has 4 aromatic rings. The summed E-state index contributed by atoms with van der Waals surface area (Å²) in [5.41, 5.74) is 1.95. The molecule has 0 radical (unpaired) electrons. The molecule has 0 atom stereocenters. The number of rotatable bonds is 8. The van der Waals surface area contributed by atoms with Crippen LogP contribution in [0.1, 0.15) is 54.7 Å². The zero-order valence-corrected chi connectivity index (χ0v) is 26.6. The number of amides is 3. The lowest BCUT2D eigenvalue weighted by Crippen LogP contribution is -2.46. The molecule has 0 spiro atoms. The third-order valence-electron chi connectivity index (χ3n) is 7.31. The second-order valence-electron chi connectivity index (χ2n) is 10.2. The average Bonchev–Trinajstić information content (AvgIpc) is 3.06. The van der Waals surface area contributed by atoms with Crippen LogP contribution < -0.4 is 25.3 Å². The maximum Gasteiger partial charge on any atom is 0.416 e. The van der Waals surface area contributed by atoms with Crippen molar-refractivity contribution in [2.45, 2.75) is 47.3 Å². The van der Waals surface area contributed by atoms with E-state index in [0.717, 1.165) is 36.6 Å². The Hall–Kier alpha value is -5.20. The number of aryl methyl sites for hydroxylation is 1. The number of carbonyl (C=O) groups is 2. The number of benzene rings is 2. The number of hydrogen-bond acceptors (Lipinski definition) is 7. The predicted molar refractivity (Wildman–Crippen MR) is 175 cm³/mol. The lowest BCUT2D eigenvalue weighted by atomic mass is 10.1. The monoisotopic (exact) mass is 634 g/mol. The molecule has 2 N–H and O–H groups in total. The van der Waals surface area contributed by atoms with E-state index in [1.165, 1.54) is 21.9 Å². The number of urea groups is 1. The Labute approximate surface area is 266 Å². The summed E-state index contributed by atoms with van der Waals surface area (Å²) >= 11 is 0. The zero-order chi connectivity index (χ0) is 33.6. The Balaban J connectivity index is 0.00000235. The Morgan fingerprint density at radius 1 is 0.978 bits per heavy atom. The number of alkyl halides is 3. The molecule has 10 nitrogen and oxygen atoms in total. The van der Waals surface area contributed by atoms with Gasteiger partial charge in [0.25, 0.3) is 5.91 Å². The van der Waals surface area contributed by atoms with E-state index < -0.39 is 17.6 Å². The minimum absolute atomic E-state index is 0.137. The van der Waals surface area contributed by atoms with Crippen molar-refractivity contribution in [2.75, 3.05) is 45.5 Å². The summed E-state index contributed by atoms with van der Waals surface area (Å²) in [6.07, 6.45) is -1.22. The SMILES string of the molecule is CC.CCN(CC)c1ccc(Nc2ncc3c(n2)N(C)C(=O)N(c2cc(NC(=O)c4cccc(C(F)(F)F)c4)ccc2C)C3)cn1. The highest BCUT2D eigenvalue weighted by atomic mass is 19.4. The summed E-state index contributed by atoms with van der Waals surface area (Å²) in [6.45, 7) is 11.8. The minimum Gasteiger partial charge on any atom is -0.357 e. The molecular weight excluding hydrogens is 597 g/mol. The van der Waals surface area contributed by atoms with E-state index >= 15 is 0 Å². The van der Waals surface area contributed by atoms with E-state index in [1.54, 1.807) is 37.6 Å².